The monoisotopic (exact) mass is 173 g/mol. The van der Waals surface area contributed by atoms with Crippen molar-refractivity contribution >= 4 is 5.69 Å². The minimum Gasteiger partial charge on any atom is -0.379 e. The lowest BCUT2D eigenvalue weighted by molar-refractivity contribution is 1.22. The van der Waals surface area contributed by atoms with Crippen LogP contribution >= 0.6 is 0 Å². The van der Waals surface area contributed by atoms with Gasteiger partial charge < -0.3 is 5.32 Å². The molecule has 0 amide bonds. The molecule has 1 aromatic heterocycles. The minimum atomic E-state index is 0.437. The average Bonchev–Trinajstić information content (AvgIpc) is 2.19. The summed E-state index contributed by atoms with van der Waals surface area (Å²) in [5.74, 6) is 0. The van der Waals surface area contributed by atoms with Crippen molar-refractivity contribution in [2.24, 2.45) is 0 Å². The van der Waals surface area contributed by atoms with Crippen LogP contribution in [0.15, 0.2) is 30.5 Å². The molecular formula is C10H11N3. The van der Waals surface area contributed by atoms with Crippen LogP contribution < -0.4 is 5.32 Å². The highest BCUT2D eigenvalue weighted by atomic mass is 14.9. The van der Waals surface area contributed by atoms with Gasteiger partial charge in [0.15, 0.2) is 5.69 Å². The molecule has 0 saturated carbocycles. The molecule has 3 nitrogen and oxygen atoms in total. The third kappa shape index (κ3) is 2.60. The molecule has 0 radical (unpaired) electrons. The normalized spacial score (nSPS) is 9.85. The van der Waals surface area contributed by atoms with Gasteiger partial charge in [-0.2, -0.15) is 5.26 Å². The Kier molecular flexibility index (Phi) is 3.52. The van der Waals surface area contributed by atoms with E-state index in [1.54, 1.807) is 12.3 Å². The lowest BCUT2D eigenvalue weighted by atomic mass is 10.3. The Morgan fingerprint density at radius 3 is 3.23 bits per heavy atom. The van der Waals surface area contributed by atoms with Crippen molar-refractivity contribution in [3.8, 4) is 6.07 Å². The summed E-state index contributed by atoms with van der Waals surface area (Å²) in [5, 5.41) is 11.8. The standard InChI is InChI=1S/C10H11N3/c1-2-3-6-12-9-5-4-7-13-10(9)8-11/h2-5,7,12H,6H2,1H3/b3-2+. The first-order valence-corrected chi connectivity index (χ1v) is 4.08. The SMILES string of the molecule is C/C=C/CNc1cccnc1C#N. The molecule has 0 bridgehead atoms. The molecule has 0 fully saturated rings. The summed E-state index contributed by atoms with van der Waals surface area (Å²) in [6, 6.07) is 5.67. The minimum absolute atomic E-state index is 0.437. The summed E-state index contributed by atoms with van der Waals surface area (Å²) in [6.45, 7) is 2.67. The van der Waals surface area contributed by atoms with Crippen LogP contribution in [0, 0.1) is 11.3 Å². The highest BCUT2D eigenvalue weighted by Gasteiger charge is 1.98. The van der Waals surface area contributed by atoms with E-state index in [2.05, 4.69) is 10.3 Å². The fraction of sp³-hybridized carbons (Fsp3) is 0.200. The van der Waals surface area contributed by atoms with Gasteiger partial charge in [-0.05, 0) is 19.1 Å². The van der Waals surface area contributed by atoms with Gasteiger partial charge >= 0.3 is 0 Å². The topological polar surface area (TPSA) is 48.7 Å². The van der Waals surface area contributed by atoms with Crippen molar-refractivity contribution in [1.29, 1.82) is 5.26 Å². The number of pyridine rings is 1. The van der Waals surface area contributed by atoms with Gasteiger partial charge in [0.2, 0.25) is 0 Å². The van der Waals surface area contributed by atoms with E-state index >= 15 is 0 Å². The van der Waals surface area contributed by atoms with Gasteiger partial charge in [0.25, 0.3) is 0 Å². The van der Waals surface area contributed by atoms with E-state index < -0.39 is 0 Å². The highest BCUT2D eigenvalue weighted by Crippen LogP contribution is 2.09. The third-order valence-electron chi connectivity index (χ3n) is 1.56. The van der Waals surface area contributed by atoms with E-state index in [1.807, 2.05) is 31.2 Å². The fourth-order valence-electron chi connectivity index (χ4n) is 0.924. The summed E-state index contributed by atoms with van der Waals surface area (Å²) in [4.78, 5) is 3.93. The van der Waals surface area contributed by atoms with Crippen LogP contribution in [0.4, 0.5) is 5.69 Å². The molecule has 1 aromatic rings. The van der Waals surface area contributed by atoms with E-state index in [0.29, 0.717) is 5.69 Å². The first-order chi connectivity index (χ1) is 6.38. The molecule has 0 aliphatic carbocycles. The molecule has 0 spiro atoms. The van der Waals surface area contributed by atoms with Crippen LogP contribution in [0.2, 0.25) is 0 Å². The number of hydrogen-bond acceptors (Lipinski definition) is 3. The summed E-state index contributed by atoms with van der Waals surface area (Å²) >= 11 is 0. The Balaban J connectivity index is 2.71. The first-order valence-electron chi connectivity index (χ1n) is 4.08. The van der Waals surface area contributed by atoms with Gasteiger partial charge in [0.1, 0.15) is 6.07 Å². The van der Waals surface area contributed by atoms with E-state index in [4.69, 9.17) is 5.26 Å². The Morgan fingerprint density at radius 2 is 2.54 bits per heavy atom. The number of nitrogens with zero attached hydrogens (tertiary/aromatic N) is 2. The van der Waals surface area contributed by atoms with Crippen molar-refractivity contribution in [2.45, 2.75) is 6.92 Å². The Bertz CT molecular complexity index is 336. The van der Waals surface area contributed by atoms with Crippen molar-refractivity contribution in [3.63, 3.8) is 0 Å². The molecule has 1 rings (SSSR count). The first kappa shape index (κ1) is 9.27. The molecule has 0 unspecified atom stereocenters. The second kappa shape index (κ2) is 4.94. The number of aromatic nitrogens is 1. The van der Waals surface area contributed by atoms with Gasteiger partial charge in [-0.15, -0.1) is 0 Å². The second-order valence-electron chi connectivity index (χ2n) is 2.46. The van der Waals surface area contributed by atoms with Crippen LogP contribution in [-0.4, -0.2) is 11.5 Å². The molecule has 0 aliphatic heterocycles. The van der Waals surface area contributed by atoms with Crippen molar-refractivity contribution in [1.82, 2.24) is 4.98 Å². The van der Waals surface area contributed by atoms with Gasteiger partial charge in [0.05, 0.1) is 5.69 Å². The molecule has 1 N–H and O–H groups in total. The smallest absolute Gasteiger partial charge is 0.163 e. The van der Waals surface area contributed by atoms with Crippen molar-refractivity contribution in [2.75, 3.05) is 11.9 Å². The molecule has 66 valence electrons. The molecule has 0 aromatic carbocycles. The van der Waals surface area contributed by atoms with Gasteiger partial charge in [-0.3, -0.25) is 0 Å². The molecule has 3 heteroatoms. The van der Waals surface area contributed by atoms with Gasteiger partial charge in [-0.1, -0.05) is 12.2 Å². The number of hydrogen-bond donors (Lipinski definition) is 1. The van der Waals surface area contributed by atoms with Gasteiger partial charge in [0, 0.05) is 12.7 Å². The van der Waals surface area contributed by atoms with Gasteiger partial charge in [-0.25, -0.2) is 4.98 Å². The van der Waals surface area contributed by atoms with Crippen LogP contribution in [0.25, 0.3) is 0 Å². The predicted octanol–water partition coefficient (Wildman–Crippen LogP) is 1.94. The van der Waals surface area contributed by atoms with E-state index in [9.17, 15) is 0 Å². The molecule has 1 heterocycles. The lowest BCUT2D eigenvalue weighted by Gasteiger charge is -2.03. The maximum Gasteiger partial charge on any atom is 0.163 e. The highest BCUT2D eigenvalue weighted by molar-refractivity contribution is 5.53. The van der Waals surface area contributed by atoms with Crippen LogP contribution in [0.1, 0.15) is 12.6 Å². The fourth-order valence-corrected chi connectivity index (χ4v) is 0.924. The molecule has 0 aliphatic rings. The predicted molar refractivity (Wildman–Crippen MR) is 52.3 cm³/mol. The summed E-state index contributed by atoms with van der Waals surface area (Å²) < 4.78 is 0. The quantitative estimate of drug-likeness (QED) is 0.710. The Hall–Kier alpha value is -1.82. The molecule has 0 saturated heterocycles. The Labute approximate surface area is 77.7 Å². The van der Waals surface area contributed by atoms with Crippen LogP contribution in [0.3, 0.4) is 0 Å². The van der Waals surface area contributed by atoms with E-state index in [-0.39, 0.29) is 0 Å². The van der Waals surface area contributed by atoms with Crippen molar-refractivity contribution < 1.29 is 0 Å². The van der Waals surface area contributed by atoms with E-state index in [0.717, 1.165) is 12.2 Å². The number of nitrogens with one attached hydrogen (secondary N) is 1. The summed E-state index contributed by atoms with van der Waals surface area (Å²) in [5.41, 5.74) is 1.22. The summed E-state index contributed by atoms with van der Waals surface area (Å²) in [7, 11) is 0. The summed E-state index contributed by atoms with van der Waals surface area (Å²) in [6.07, 6.45) is 5.54. The maximum absolute atomic E-state index is 8.70. The average molecular weight is 173 g/mol. The third-order valence-corrected chi connectivity index (χ3v) is 1.56. The number of allylic oxidation sites excluding steroid dienone is 1. The largest absolute Gasteiger partial charge is 0.379 e. The Morgan fingerprint density at radius 1 is 1.69 bits per heavy atom. The van der Waals surface area contributed by atoms with E-state index in [1.165, 1.54) is 0 Å². The van der Waals surface area contributed by atoms with Crippen molar-refractivity contribution in [3.05, 3.63) is 36.2 Å². The maximum atomic E-state index is 8.70. The number of nitriles is 1. The van der Waals surface area contributed by atoms with Crippen LogP contribution in [-0.2, 0) is 0 Å². The molecule has 13 heavy (non-hydrogen) atoms. The molecule has 0 atom stereocenters. The zero-order valence-corrected chi connectivity index (χ0v) is 7.49. The zero-order valence-electron chi connectivity index (χ0n) is 7.49. The molecular weight excluding hydrogens is 162 g/mol. The number of rotatable bonds is 3. The zero-order chi connectivity index (χ0) is 9.52. The second-order valence-corrected chi connectivity index (χ2v) is 2.46. The van der Waals surface area contributed by atoms with Crippen LogP contribution in [0.5, 0.6) is 0 Å². The lowest BCUT2D eigenvalue weighted by Crippen LogP contribution is -2.01. The number of anilines is 1.